The van der Waals surface area contributed by atoms with E-state index in [1.54, 1.807) is 30.3 Å². The molecule has 0 radical (unpaired) electrons. The molecule has 1 saturated heterocycles. The molecule has 2 amide bonds. The Morgan fingerprint density at radius 1 is 1.24 bits per heavy atom. The highest BCUT2D eigenvalue weighted by Gasteiger charge is 2.25. The Kier molecular flexibility index (Phi) is 8.19. The van der Waals surface area contributed by atoms with E-state index >= 15 is 0 Å². The summed E-state index contributed by atoms with van der Waals surface area (Å²) in [5, 5.41) is 7.24. The monoisotopic (exact) mass is 548 g/mol. The van der Waals surface area contributed by atoms with Gasteiger partial charge < -0.3 is 20.7 Å². The molecule has 12 heteroatoms. The number of nitrogen functional groups attached to an aromatic ring is 1. The molecule has 1 aromatic carbocycles. The molecule has 0 saturated carbocycles. The number of hydrogen-bond donors (Lipinski definition) is 2. The quantitative estimate of drug-likeness (QED) is 0.422. The SMILES string of the molecule is CC(=O)NCC(=O)N1CCC(n2cc(-c3cnc(N)c(O[C@@H](C)c4c(Cl)ccc(F)c4Cl)c3)cn2)CC1. The highest BCUT2D eigenvalue weighted by molar-refractivity contribution is 6.36. The molecule has 37 heavy (non-hydrogen) atoms. The van der Waals surface area contributed by atoms with Gasteiger partial charge in [-0.25, -0.2) is 9.37 Å². The summed E-state index contributed by atoms with van der Waals surface area (Å²) in [6, 6.07) is 4.49. The molecule has 1 atom stereocenters. The maximum absolute atomic E-state index is 14.0. The van der Waals surface area contributed by atoms with Gasteiger partial charge in [0.1, 0.15) is 11.9 Å². The van der Waals surface area contributed by atoms with E-state index in [2.05, 4.69) is 15.4 Å². The van der Waals surface area contributed by atoms with Crippen LogP contribution in [0.4, 0.5) is 10.2 Å². The number of likely N-dealkylation sites (tertiary alicyclic amines) is 1. The smallest absolute Gasteiger partial charge is 0.241 e. The van der Waals surface area contributed by atoms with E-state index in [-0.39, 0.29) is 40.3 Å². The van der Waals surface area contributed by atoms with Gasteiger partial charge in [-0.05, 0) is 38.0 Å². The van der Waals surface area contributed by atoms with Crippen molar-refractivity contribution in [1.82, 2.24) is 25.0 Å². The lowest BCUT2D eigenvalue weighted by Gasteiger charge is -2.32. The molecule has 0 aliphatic carbocycles. The van der Waals surface area contributed by atoms with E-state index in [1.165, 1.54) is 19.1 Å². The van der Waals surface area contributed by atoms with Crippen molar-refractivity contribution in [3.05, 3.63) is 58.2 Å². The Labute approximate surface area is 223 Å². The Morgan fingerprint density at radius 2 is 1.97 bits per heavy atom. The number of ether oxygens (including phenoxy) is 1. The maximum atomic E-state index is 14.0. The molecule has 3 aromatic rings. The van der Waals surface area contributed by atoms with Crippen molar-refractivity contribution in [3.8, 4) is 16.9 Å². The predicted molar refractivity (Wildman–Crippen MR) is 139 cm³/mol. The van der Waals surface area contributed by atoms with Gasteiger partial charge in [-0.2, -0.15) is 5.10 Å². The topological polar surface area (TPSA) is 115 Å². The van der Waals surface area contributed by atoms with E-state index < -0.39 is 11.9 Å². The first-order chi connectivity index (χ1) is 17.6. The second kappa shape index (κ2) is 11.4. The second-order valence-corrected chi connectivity index (χ2v) is 9.64. The fourth-order valence-electron chi connectivity index (χ4n) is 4.25. The molecule has 9 nitrogen and oxygen atoms in total. The molecule has 1 aliphatic rings. The molecule has 0 bridgehead atoms. The van der Waals surface area contributed by atoms with Gasteiger partial charge in [-0.15, -0.1) is 0 Å². The van der Waals surface area contributed by atoms with Crippen LogP contribution in [-0.4, -0.2) is 51.1 Å². The number of carbonyl (C=O) groups excluding carboxylic acids is 2. The first-order valence-corrected chi connectivity index (χ1v) is 12.5. The molecule has 1 aliphatic heterocycles. The number of halogens is 3. The van der Waals surface area contributed by atoms with Gasteiger partial charge in [-0.3, -0.25) is 14.3 Å². The van der Waals surface area contributed by atoms with Crippen LogP contribution in [0, 0.1) is 5.82 Å². The Balaban J connectivity index is 1.44. The normalized spacial score (nSPS) is 14.9. The number of nitrogens with one attached hydrogen (secondary N) is 1. The molecular formula is C25H27Cl2FN6O3. The molecular weight excluding hydrogens is 522 g/mol. The average Bonchev–Trinajstić information content (AvgIpc) is 3.37. The number of piperidine rings is 1. The number of anilines is 1. The molecule has 2 aromatic heterocycles. The van der Waals surface area contributed by atoms with Gasteiger partial charge >= 0.3 is 0 Å². The fourth-order valence-corrected chi connectivity index (χ4v) is 4.93. The minimum absolute atomic E-state index is 0.0106. The second-order valence-electron chi connectivity index (χ2n) is 8.86. The molecule has 4 rings (SSSR count). The summed E-state index contributed by atoms with van der Waals surface area (Å²) in [5.74, 6) is -0.436. The van der Waals surface area contributed by atoms with Crippen LogP contribution in [0.1, 0.15) is 44.4 Å². The van der Waals surface area contributed by atoms with Crippen LogP contribution in [0.2, 0.25) is 10.0 Å². The number of pyridine rings is 1. The van der Waals surface area contributed by atoms with Gasteiger partial charge in [0.15, 0.2) is 11.6 Å². The van der Waals surface area contributed by atoms with Crippen molar-refractivity contribution in [1.29, 1.82) is 0 Å². The number of nitrogens with two attached hydrogens (primary N) is 1. The summed E-state index contributed by atoms with van der Waals surface area (Å²) in [4.78, 5) is 29.3. The zero-order valence-electron chi connectivity index (χ0n) is 20.4. The van der Waals surface area contributed by atoms with Crippen LogP contribution in [0.3, 0.4) is 0 Å². The maximum Gasteiger partial charge on any atom is 0.241 e. The van der Waals surface area contributed by atoms with E-state index in [9.17, 15) is 14.0 Å². The number of amides is 2. The number of aromatic nitrogens is 3. The summed E-state index contributed by atoms with van der Waals surface area (Å²) >= 11 is 12.4. The number of nitrogens with zero attached hydrogens (tertiary/aromatic N) is 4. The summed E-state index contributed by atoms with van der Waals surface area (Å²) in [5.41, 5.74) is 7.92. The molecule has 196 valence electrons. The van der Waals surface area contributed by atoms with Crippen molar-refractivity contribution < 1.29 is 18.7 Å². The summed E-state index contributed by atoms with van der Waals surface area (Å²) in [6.45, 7) is 4.27. The third-order valence-electron chi connectivity index (χ3n) is 6.29. The average molecular weight is 549 g/mol. The molecule has 1 fully saturated rings. The number of rotatable bonds is 7. The van der Waals surface area contributed by atoms with E-state index in [0.29, 0.717) is 24.4 Å². The van der Waals surface area contributed by atoms with Crippen molar-refractivity contribution in [2.75, 3.05) is 25.4 Å². The minimum Gasteiger partial charge on any atom is -0.482 e. The lowest BCUT2D eigenvalue weighted by atomic mass is 10.1. The van der Waals surface area contributed by atoms with Crippen molar-refractivity contribution >= 4 is 40.8 Å². The van der Waals surface area contributed by atoms with Gasteiger partial charge in [0, 0.05) is 54.1 Å². The third-order valence-corrected chi connectivity index (χ3v) is 7.00. The summed E-state index contributed by atoms with van der Waals surface area (Å²) in [7, 11) is 0. The Hall–Kier alpha value is -3.37. The molecule has 3 heterocycles. The first-order valence-electron chi connectivity index (χ1n) is 11.8. The van der Waals surface area contributed by atoms with Crippen LogP contribution in [-0.2, 0) is 9.59 Å². The summed E-state index contributed by atoms with van der Waals surface area (Å²) < 4.78 is 21.9. The number of carbonyl (C=O) groups is 2. The van der Waals surface area contributed by atoms with E-state index in [4.69, 9.17) is 33.7 Å². The zero-order valence-corrected chi connectivity index (χ0v) is 21.9. The van der Waals surface area contributed by atoms with Crippen LogP contribution in [0.5, 0.6) is 5.75 Å². The van der Waals surface area contributed by atoms with Gasteiger partial charge in [0.05, 0.1) is 23.8 Å². The third kappa shape index (κ3) is 6.14. The molecule has 0 spiro atoms. The van der Waals surface area contributed by atoms with Crippen LogP contribution >= 0.6 is 23.2 Å². The van der Waals surface area contributed by atoms with Gasteiger partial charge in [0.25, 0.3) is 0 Å². The molecule has 3 N–H and O–H groups in total. The van der Waals surface area contributed by atoms with E-state index in [0.717, 1.165) is 24.0 Å². The standard InChI is InChI=1S/C25H27Cl2FN6O3/c1-14(23-19(26)3-4-20(28)24(23)27)37-21-9-16(10-31-25(21)29)17-11-32-34(13-17)18-5-7-33(8-6-18)22(36)12-30-15(2)35/h3-4,9-11,13-14,18H,5-8,12H2,1-2H3,(H2,29,31)(H,30,35)/t14-/m0/s1. The number of benzene rings is 1. The van der Waals surface area contributed by atoms with E-state index in [1.807, 2.05) is 10.9 Å². The first kappa shape index (κ1) is 26.7. The summed E-state index contributed by atoms with van der Waals surface area (Å²) in [6.07, 6.45) is 6.08. The highest BCUT2D eigenvalue weighted by Crippen LogP contribution is 2.37. The zero-order chi connectivity index (χ0) is 26.7. The largest absolute Gasteiger partial charge is 0.482 e. The lowest BCUT2D eigenvalue weighted by Crippen LogP contribution is -2.44. The lowest BCUT2D eigenvalue weighted by molar-refractivity contribution is -0.133. The Bertz CT molecular complexity index is 1310. The van der Waals surface area contributed by atoms with Gasteiger partial charge in [-0.1, -0.05) is 23.2 Å². The Morgan fingerprint density at radius 3 is 2.68 bits per heavy atom. The van der Waals surface area contributed by atoms with Crippen molar-refractivity contribution in [3.63, 3.8) is 0 Å². The number of hydrogen-bond acceptors (Lipinski definition) is 6. The highest BCUT2D eigenvalue weighted by atomic mass is 35.5. The molecule has 0 unspecified atom stereocenters. The fraction of sp³-hybridized carbons (Fsp3) is 0.360. The van der Waals surface area contributed by atoms with Crippen molar-refractivity contribution in [2.24, 2.45) is 0 Å². The van der Waals surface area contributed by atoms with Gasteiger partial charge in [0.2, 0.25) is 11.8 Å². The van der Waals surface area contributed by atoms with Crippen LogP contribution in [0.25, 0.3) is 11.1 Å². The van der Waals surface area contributed by atoms with Crippen molar-refractivity contribution in [2.45, 2.75) is 38.8 Å². The van der Waals surface area contributed by atoms with Crippen LogP contribution < -0.4 is 15.8 Å². The van der Waals surface area contributed by atoms with Crippen LogP contribution in [0.15, 0.2) is 36.8 Å². The predicted octanol–water partition coefficient (Wildman–Crippen LogP) is 4.41. The minimum atomic E-state index is -0.684.